The standard InChI is InChI=1S/C21H26ClN3O4S/c22-18-6-8-19(9-7-18)30(27,28)24-20(16-17-4-2-1-3-5-17)21(26)23-10-11-25-12-14-29-15-13-25/h1-9,20,24H,10-16H2,(H,23,26). The fourth-order valence-corrected chi connectivity index (χ4v) is 4.51. The average Bonchev–Trinajstić information content (AvgIpc) is 2.75. The third-order valence-corrected chi connectivity index (χ3v) is 6.59. The normalized spacial score (nSPS) is 16.2. The fraction of sp³-hybridized carbons (Fsp3) is 0.381. The van der Waals surface area contributed by atoms with Gasteiger partial charge in [0.2, 0.25) is 15.9 Å². The summed E-state index contributed by atoms with van der Waals surface area (Å²) in [6.07, 6.45) is 0.247. The lowest BCUT2D eigenvalue weighted by molar-refractivity contribution is -0.122. The van der Waals surface area contributed by atoms with Crippen molar-refractivity contribution in [3.8, 4) is 0 Å². The summed E-state index contributed by atoms with van der Waals surface area (Å²) in [5, 5.41) is 3.30. The Hall–Kier alpha value is -1.97. The minimum absolute atomic E-state index is 0.0612. The summed E-state index contributed by atoms with van der Waals surface area (Å²) in [7, 11) is -3.88. The topological polar surface area (TPSA) is 87.7 Å². The van der Waals surface area contributed by atoms with E-state index in [9.17, 15) is 13.2 Å². The Labute approximate surface area is 182 Å². The molecular weight excluding hydrogens is 426 g/mol. The van der Waals surface area contributed by atoms with Crippen LogP contribution in [-0.2, 0) is 26.0 Å². The molecule has 9 heteroatoms. The van der Waals surface area contributed by atoms with Crippen LogP contribution in [0.5, 0.6) is 0 Å². The summed E-state index contributed by atoms with van der Waals surface area (Å²) >= 11 is 5.86. The molecule has 1 aliphatic heterocycles. The van der Waals surface area contributed by atoms with E-state index < -0.39 is 16.1 Å². The maximum absolute atomic E-state index is 12.9. The van der Waals surface area contributed by atoms with E-state index in [0.29, 0.717) is 31.3 Å². The number of hydrogen-bond donors (Lipinski definition) is 2. The van der Waals surface area contributed by atoms with Gasteiger partial charge in [0.25, 0.3) is 0 Å². The van der Waals surface area contributed by atoms with Crippen molar-refractivity contribution in [2.75, 3.05) is 39.4 Å². The lowest BCUT2D eigenvalue weighted by Crippen LogP contribution is -2.49. The van der Waals surface area contributed by atoms with Crippen LogP contribution in [0.4, 0.5) is 0 Å². The number of sulfonamides is 1. The highest BCUT2D eigenvalue weighted by Crippen LogP contribution is 2.15. The highest BCUT2D eigenvalue weighted by molar-refractivity contribution is 7.89. The largest absolute Gasteiger partial charge is 0.379 e. The molecule has 2 aromatic rings. The Morgan fingerprint density at radius 1 is 1.07 bits per heavy atom. The van der Waals surface area contributed by atoms with Gasteiger partial charge in [0.1, 0.15) is 6.04 Å². The zero-order valence-corrected chi connectivity index (χ0v) is 18.2. The van der Waals surface area contributed by atoms with Crippen molar-refractivity contribution in [3.05, 3.63) is 65.2 Å². The number of carbonyl (C=O) groups excluding carboxylic acids is 1. The molecule has 30 heavy (non-hydrogen) atoms. The minimum Gasteiger partial charge on any atom is -0.379 e. The highest BCUT2D eigenvalue weighted by Gasteiger charge is 2.26. The van der Waals surface area contributed by atoms with Crippen molar-refractivity contribution in [3.63, 3.8) is 0 Å². The molecule has 0 radical (unpaired) electrons. The number of morpholine rings is 1. The van der Waals surface area contributed by atoms with E-state index in [-0.39, 0.29) is 17.2 Å². The maximum Gasteiger partial charge on any atom is 0.241 e. The van der Waals surface area contributed by atoms with Crippen molar-refractivity contribution in [2.45, 2.75) is 17.4 Å². The van der Waals surface area contributed by atoms with Crippen LogP contribution in [0.2, 0.25) is 5.02 Å². The number of rotatable bonds is 9. The molecule has 1 heterocycles. The molecule has 1 unspecified atom stereocenters. The molecule has 2 aromatic carbocycles. The first-order valence-electron chi connectivity index (χ1n) is 9.84. The average molecular weight is 452 g/mol. The van der Waals surface area contributed by atoms with Crippen molar-refractivity contribution >= 4 is 27.5 Å². The molecule has 1 aliphatic rings. The Kier molecular flexibility index (Phi) is 8.24. The zero-order valence-electron chi connectivity index (χ0n) is 16.6. The number of ether oxygens (including phenoxy) is 1. The number of nitrogens with zero attached hydrogens (tertiary/aromatic N) is 1. The van der Waals surface area contributed by atoms with Crippen LogP contribution in [0, 0.1) is 0 Å². The predicted molar refractivity (Wildman–Crippen MR) is 116 cm³/mol. The summed E-state index contributed by atoms with van der Waals surface area (Å²) in [6.45, 7) is 4.15. The van der Waals surface area contributed by atoms with Crippen molar-refractivity contribution in [1.82, 2.24) is 14.9 Å². The van der Waals surface area contributed by atoms with Gasteiger partial charge >= 0.3 is 0 Å². The Morgan fingerprint density at radius 3 is 2.40 bits per heavy atom. The second-order valence-corrected chi connectivity index (χ2v) is 9.21. The number of benzene rings is 2. The number of carbonyl (C=O) groups is 1. The quantitative estimate of drug-likeness (QED) is 0.605. The molecule has 0 bridgehead atoms. The van der Waals surface area contributed by atoms with Crippen LogP contribution in [-0.4, -0.2) is 64.7 Å². The van der Waals surface area contributed by atoms with Crippen molar-refractivity contribution < 1.29 is 17.9 Å². The Bertz CT molecular complexity index is 917. The van der Waals surface area contributed by atoms with E-state index in [4.69, 9.17) is 16.3 Å². The van der Waals surface area contributed by atoms with Gasteiger partial charge in [-0.1, -0.05) is 41.9 Å². The van der Waals surface area contributed by atoms with Crippen molar-refractivity contribution in [1.29, 1.82) is 0 Å². The van der Waals surface area contributed by atoms with E-state index in [0.717, 1.165) is 18.7 Å². The van der Waals surface area contributed by atoms with Gasteiger partial charge in [0.05, 0.1) is 18.1 Å². The molecular formula is C21H26ClN3O4S. The van der Waals surface area contributed by atoms with Gasteiger partial charge in [-0.3, -0.25) is 9.69 Å². The van der Waals surface area contributed by atoms with Gasteiger partial charge < -0.3 is 10.1 Å². The van der Waals surface area contributed by atoms with Gasteiger partial charge in [0, 0.05) is 31.2 Å². The van der Waals surface area contributed by atoms with Crippen LogP contribution in [0.3, 0.4) is 0 Å². The maximum atomic E-state index is 12.9. The first-order chi connectivity index (χ1) is 14.4. The molecule has 7 nitrogen and oxygen atoms in total. The van der Waals surface area contributed by atoms with E-state index in [1.807, 2.05) is 30.3 Å². The summed E-state index contributed by atoms with van der Waals surface area (Å²) in [5.41, 5.74) is 0.865. The number of nitrogens with one attached hydrogen (secondary N) is 2. The van der Waals surface area contributed by atoms with Crippen LogP contribution in [0.15, 0.2) is 59.5 Å². The first kappa shape index (κ1) is 22.7. The summed E-state index contributed by atoms with van der Waals surface area (Å²) in [5.74, 6) is -0.357. The molecule has 1 saturated heterocycles. The first-order valence-corrected chi connectivity index (χ1v) is 11.7. The number of amides is 1. The van der Waals surface area contributed by atoms with Gasteiger partial charge in [0.15, 0.2) is 0 Å². The predicted octanol–water partition coefficient (Wildman–Crippen LogP) is 1.68. The molecule has 3 rings (SSSR count). The summed E-state index contributed by atoms with van der Waals surface area (Å²) in [4.78, 5) is 15.1. The second-order valence-electron chi connectivity index (χ2n) is 7.06. The smallest absolute Gasteiger partial charge is 0.241 e. The number of hydrogen-bond acceptors (Lipinski definition) is 5. The number of halogens is 1. The SMILES string of the molecule is O=C(NCCN1CCOCC1)C(Cc1ccccc1)NS(=O)(=O)c1ccc(Cl)cc1. The molecule has 1 amide bonds. The molecule has 162 valence electrons. The van der Waals surface area contributed by atoms with Crippen LogP contribution in [0.25, 0.3) is 0 Å². The summed E-state index contributed by atoms with van der Waals surface area (Å²) in [6, 6.07) is 14.2. The molecule has 0 aromatic heterocycles. The molecule has 2 N–H and O–H groups in total. The van der Waals surface area contributed by atoms with Gasteiger partial charge in [-0.2, -0.15) is 4.72 Å². The lowest BCUT2D eigenvalue weighted by Gasteiger charge is -2.27. The Morgan fingerprint density at radius 2 is 1.73 bits per heavy atom. The highest BCUT2D eigenvalue weighted by atomic mass is 35.5. The van der Waals surface area contributed by atoms with E-state index in [2.05, 4.69) is 14.9 Å². The van der Waals surface area contributed by atoms with Gasteiger partial charge in [-0.15, -0.1) is 0 Å². The van der Waals surface area contributed by atoms with Crippen molar-refractivity contribution in [2.24, 2.45) is 0 Å². The third-order valence-electron chi connectivity index (χ3n) is 4.85. The second kappa shape index (κ2) is 10.9. The molecule has 0 saturated carbocycles. The Balaban J connectivity index is 1.67. The molecule has 1 fully saturated rings. The van der Waals surface area contributed by atoms with Crippen LogP contribution >= 0.6 is 11.6 Å². The van der Waals surface area contributed by atoms with Gasteiger partial charge in [-0.05, 0) is 36.2 Å². The third kappa shape index (κ3) is 6.78. The summed E-state index contributed by atoms with van der Waals surface area (Å²) < 4.78 is 33.5. The lowest BCUT2D eigenvalue weighted by atomic mass is 10.1. The monoisotopic (exact) mass is 451 g/mol. The van der Waals surface area contributed by atoms with E-state index in [1.54, 1.807) is 0 Å². The zero-order chi connectivity index (χ0) is 21.4. The molecule has 1 atom stereocenters. The van der Waals surface area contributed by atoms with E-state index >= 15 is 0 Å². The van der Waals surface area contributed by atoms with Crippen LogP contribution in [0.1, 0.15) is 5.56 Å². The fourth-order valence-electron chi connectivity index (χ4n) is 3.19. The van der Waals surface area contributed by atoms with E-state index in [1.165, 1.54) is 24.3 Å². The molecule has 0 aliphatic carbocycles. The van der Waals surface area contributed by atoms with Gasteiger partial charge in [-0.25, -0.2) is 8.42 Å². The minimum atomic E-state index is -3.88. The molecule has 0 spiro atoms. The van der Waals surface area contributed by atoms with Crippen LogP contribution < -0.4 is 10.0 Å².